The highest BCUT2D eigenvalue weighted by Gasteiger charge is 2.42. The zero-order chi connectivity index (χ0) is 11.8. The van der Waals surface area contributed by atoms with Gasteiger partial charge in [-0.2, -0.15) is 0 Å². The van der Waals surface area contributed by atoms with Gasteiger partial charge in [-0.15, -0.1) is 0 Å². The fourth-order valence-corrected chi connectivity index (χ4v) is 3.59. The lowest BCUT2D eigenvalue weighted by Gasteiger charge is -2.30. The molecule has 0 spiro atoms. The molecule has 94 valence electrons. The van der Waals surface area contributed by atoms with Gasteiger partial charge in [0.15, 0.2) is 0 Å². The maximum atomic E-state index is 10.3. The topological polar surface area (TPSA) is 23.5 Å². The predicted molar refractivity (Wildman–Crippen MR) is 67.4 cm³/mol. The molecule has 1 aliphatic heterocycles. The standard InChI is InChI=1S/C14H27NO/c1-4-12-6-5-9-15(12)10-11-7-8-14(2,3)13(11)16/h11-13,16H,4-10H2,1-3H3. The molecule has 2 nitrogen and oxygen atoms in total. The minimum absolute atomic E-state index is 0.0920. The molecule has 0 bridgehead atoms. The summed E-state index contributed by atoms with van der Waals surface area (Å²) < 4.78 is 0. The number of nitrogens with zero attached hydrogens (tertiary/aromatic N) is 1. The molecule has 3 atom stereocenters. The van der Waals surface area contributed by atoms with Gasteiger partial charge in [0.1, 0.15) is 0 Å². The molecule has 3 unspecified atom stereocenters. The maximum absolute atomic E-state index is 10.3. The number of aliphatic hydroxyl groups excluding tert-OH is 1. The van der Waals surface area contributed by atoms with Crippen LogP contribution in [0, 0.1) is 11.3 Å². The van der Waals surface area contributed by atoms with Gasteiger partial charge in [-0.1, -0.05) is 20.8 Å². The van der Waals surface area contributed by atoms with Crippen LogP contribution in [-0.2, 0) is 0 Å². The molecule has 1 aliphatic carbocycles. The van der Waals surface area contributed by atoms with Crippen LogP contribution < -0.4 is 0 Å². The molecular formula is C14H27NO. The lowest BCUT2D eigenvalue weighted by atomic mass is 9.87. The van der Waals surface area contributed by atoms with Crippen molar-refractivity contribution in [3.8, 4) is 0 Å². The van der Waals surface area contributed by atoms with E-state index in [4.69, 9.17) is 0 Å². The molecule has 2 fully saturated rings. The van der Waals surface area contributed by atoms with Gasteiger partial charge in [-0.25, -0.2) is 0 Å². The molecule has 0 amide bonds. The van der Waals surface area contributed by atoms with Crippen LogP contribution in [0.1, 0.15) is 52.9 Å². The number of aliphatic hydroxyl groups is 1. The number of rotatable bonds is 3. The Hall–Kier alpha value is -0.0800. The summed E-state index contributed by atoms with van der Waals surface area (Å²) >= 11 is 0. The average molecular weight is 225 g/mol. The zero-order valence-corrected chi connectivity index (χ0v) is 11.1. The third kappa shape index (κ3) is 2.28. The molecule has 2 rings (SSSR count). The second-order valence-electron chi connectivity index (χ2n) is 6.43. The van der Waals surface area contributed by atoms with Gasteiger partial charge in [-0.05, 0) is 50.0 Å². The first-order valence-corrected chi connectivity index (χ1v) is 6.96. The van der Waals surface area contributed by atoms with E-state index in [0.717, 1.165) is 12.6 Å². The summed E-state index contributed by atoms with van der Waals surface area (Å²) in [6.07, 6.45) is 6.29. The van der Waals surface area contributed by atoms with Gasteiger partial charge in [0.05, 0.1) is 6.10 Å². The Morgan fingerprint density at radius 2 is 2.06 bits per heavy atom. The highest BCUT2D eigenvalue weighted by atomic mass is 16.3. The minimum Gasteiger partial charge on any atom is -0.392 e. The fourth-order valence-electron chi connectivity index (χ4n) is 3.59. The van der Waals surface area contributed by atoms with E-state index < -0.39 is 0 Å². The molecule has 1 N–H and O–H groups in total. The fraction of sp³-hybridized carbons (Fsp3) is 1.00. The van der Waals surface area contributed by atoms with Gasteiger partial charge in [0.25, 0.3) is 0 Å². The molecule has 0 aromatic rings. The van der Waals surface area contributed by atoms with Crippen LogP contribution in [0.2, 0.25) is 0 Å². The zero-order valence-electron chi connectivity index (χ0n) is 11.1. The first kappa shape index (κ1) is 12.4. The Kier molecular flexibility index (Phi) is 3.60. The van der Waals surface area contributed by atoms with Crippen molar-refractivity contribution < 1.29 is 5.11 Å². The molecule has 1 saturated carbocycles. The molecule has 0 aromatic heterocycles. The van der Waals surface area contributed by atoms with Crippen molar-refractivity contribution in [1.82, 2.24) is 4.90 Å². The predicted octanol–water partition coefficient (Wildman–Crippen LogP) is 2.66. The molecule has 16 heavy (non-hydrogen) atoms. The van der Waals surface area contributed by atoms with Gasteiger partial charge >= 0.3 is 0 Å². The maximum Gasteiger partial charge on any atom is 0.0631 e. The second kappa shape index (κ2) is 4.66. The van der Waals surface area contributed by atoms with Crippen molar-refractivity contribution in [2.75, 3.05) is 13.1 Å². The first-order chi connectivity index (χ1) is 7.54. The van der Waals surface area contributed by atoms with Crippen LogP contribution in [0.4, 0.5) is 0 Å². The van der Waals surface area contributed by atoms with Gasteiger partial charge < -0.3 is 10.0 Å². The molecule has 0 radical (unpaired) electrons. The van der Waals surface area contributed by atoms with E-state index in [-0.39, 0.29) is 11.5 Å². The summed E-state index contributed by atoms with van der Waals surface area (Å²) in [7, 11) is 0. The van der Waals surface area contributed by atoms with Crippen LogP contribution in [-0.4, -0.2) is 35.2 Å². The summed E-state index contributed by atoms with van der Waals surface area (Å²) in [5, 5.41) is 10.3. The minimum atomic E-state index is -0.0920. The van der Waals surface area contributed by atoms with E-state index in [1.54, 1.807) is 0 Å². The normalized spacial score (nSPS) is 39.4. The van der Waals surface area contributed by atoms with Crippen LogP contribution >= 0.6 is 0 Å². The number of likely N-dealkylation sites (tertiary alicyclic amines) is 1. The Morgan fingerprint density at radius 3 is 2.62 bits per heavy atom. The van der Waals surface area contributed by atoms with Crippen LogP contribution in [0.15, 0.2) is 0 Å². The highest BCUT2D eigenvalue weighted by Crippen LogP contribution is 2.42. The average Bonchev–Trinajstić information content (AvgIpc) is 2.78. The largest absolute Gasteiger partial charge is 0.392 e. The lowest BCUT2D eigenvalue weighted by molar-refractivity contribution is 0.0308. The molecule has 2 heteroatoms. The van der Waals surface area contributed by atoms with E-state index >= 15 is 0 Å². The lowest BCUT2D eigenvalue weighted by Crippen LogP contribution is -2.38. The Labute approximate surface area is 100 Å². The molecule has 0 aromatic carbocycles. The SMILES string of the molecule is CCC1CCCN1CC1CCC(C)(C)C1O. The van der Waals surface area contributed by atoms with Gasteiger partial charge in [-0.3, -0.25) is 0 Å². The summed E-state index contributed by atoms with van der Waals surface area (Å²) in [5.74, 6) is 0.516. The monoisotopic (exact) mass is 225 g/mol. The molecule has 1 heterocycles. The Morgan fingerprint density at radius 1 is 1.31 bits per heavy atom. The second-order valence-corrected chi connectivity index (χ2v) is 6.43. The number of hydrogen-bond donors (Lipinski definition) is 1. The molecule has 1 saturated heterocycles. The first-order valence-electron chi connectivity index (χ1n) is 6.96. The Bertz CT molecular complexity index is 239. The van der Waals surface area contributed by atoms with E-state index in [1.165, 1.54) is 38.6 Å². The Balaban J connectivity index is 1.91. The van der Waals surface area contributed by atoms with Crippen molar-refractivity contribution in [2.24, 2.45) is 11.3 Å². The van der Waals surface area contributed by atoms with E-state index in [1.807, 2.05) is 0 Å². The van der Waals surface area contributed by atoms with Crippen molar-refractivity contribution in [1.29, 1.82) is 0 Å². The van der Waals surface area contributed by atoms with E-state index in [0.29, 0.717) is 5.92 Å². The van der Waals surface area contributed by atoms with Crippen molar-refractivity contribution in [3.05, 3.63) is 0 Å². The van der Waals surface area contributed by atoms with Crippen molar-refractivity contribution in [2.45, 2.75) is 65.0 Å². The summed E-state index contributed by atoms with van der Waals surface area (Å²) in [5.41, 5.74) is 0.145. The van der Waals surface area contributed by atoms with Crippen LogP contribution in [0.25, 0.3) is 0 Å². The summed E-state index contributed by atoms with van der Waals surface area (Å²) in [6, 6.07) is 0.788. The number of hydrogen-bond acceptors (Lipinski definition) is 2. The summed E-state index contributed by atoms with van der Waals surface area (Å²) in [6.45, 7) is 9.08. The third-order valence-corrected chi connectivity index (χ3v) is 4.85. The van der Waals surface area contributed by atoms with Crippen molar-refractivity contribution >= 4 is 0 Å². The van der Waals surface area contributed by atoms with Crippen molar-refractivity contribution in [3.63, 3.8) is 0 Å². The summed E-state index contributed by atoms with van der Waals surface area (Å²) in [4.78, 5) is 2.62. The highest BCUT2D eigenvalue weighted by molar-refractivity contribution is 4.93. The van der Waals surface area contributed by atoms with E-state index in [9.17, 15) is 5.11 Å². The van der Waals surface area contributed by atoms with E-state index in [2.05, 4.69) is 25.7 Å². The molecular weight excluding hydrogens is 198 g/mol. The quantitative estimate of drug-likeness (QED) is 0.798. The smallest absolute Gasteiger partial charge is 0.0631 e. The van der Waals surface area contributed by atoms with Gasteiger partial charge in [0.2, 0.25) is 0 Å². The van der Waals surface area contributed by atoms with Crippen LogP contribution in [0.5, 0.6) is 0 Å². The van der Waals surface area contributed by atoms with Gasteiger partial charge in [0, 0.05) is 12.6 Å². The van der Waals surface area contributed by atoms with Crippen LogP contribution in [0.3, 0.4) is 0 Å². The molecule has 2 aliphatic rings. The third-order valence-electron chi connectivity index (χ3n) is 4.85.